The van der Waals surface area contributed by atoms with E-state index >= 15 is 0 Å². The van der Waals surface area contributed by atoms with E-state index in [9.17, 15) is 4.79 Å². The third-order valence-electron chi connectivity index (χ3n) is 3.95. The number of nitrogens with zero attached hydrogens (tertiary/aromatic N) is 4. The van der Waals surface area contributed by atoms with E-state index < -0.39 is 0 Å². The van der Waals surface area contributed by atoms with Crippen LogP contribution in [0.25, 0.3) is 0 Å². The van der Waals surface area contributed by atoms with Crippen molar-refractivity contribution in [2.24, 2.45) is 0 Å². The first-order chi connectivity index (χ1) is 12.2. The lowest BCUT2D eigenvalue weighted by molar-refractivity contribution is 0.0785. The van der Waals surface area contributed by atoms with Crippen LogP contribution in [-0.2, 0) is 13.1 Å². The number of imidazole rings is 1. The molecule has 0 unspecified atom stereocenters. The van der Waals surface area contributed by atoms with Crippen LogP contribution in [0, 0.1) is 11.3 Å². The van der Waals surface area contributed by atoms with Crippen LogP contribution in [0.4, 0.5) is 0 Å². The van der Waals surface area contributed by atoms with Gasteiger partial charge in [-0.15, -0.1) is 0 Å². The molecule has 0 saturated carbocycles. The van der Waals surface area contributed by atoms with Gasteiger partial charge in [0.05, 0.1) is 18.0 Å². The van der Waals surface area contributed by atoms with Gasteiger partial charge in [0.2, 0.25) is 0 Å². The first kappa shape index (κ1) is 16.5. The van der Waals surface area contributed by atoms with Crippen LogP contribution in [-0.4, -0.2) is 27.4 Å². The van der Waals surface area contributed by atoms with Gasteiger partial charge in [-0.3, -0.25) is 4.79 Å². The molecule has 0 bridgehead atoms. The molecule has 0 aliphatic heterocycles. The summed E-state index contributed by atoms with van der Waals surface area (Å²) in [4.78, 5) is 18.3. The van der Waals surface area contributed by atoms with Crippen molar-refractivity contribution in [3.8, 4) is 6.07 Å². The second-order valence-electron chi connectivity index (χ2n) is 5.91. The zero-order valence-corrected chi connectivity index (χ0v) is 14.0. The molecule has 124 valence electrons. The van der Waals surface area contributed by atoms with E-state index in [1.54, 1.807) is 36.6 Å². The van der Waals surface area contributed by atoms with Crippen molar-refractivity contribution in [3.05, 3.63) is 89.5 Å². The lowest BCUT2D eigenvalue weighted by Gasteiger charge is -2.17. The molecule has 3 aromatic rings. The molecule has 25 heavy (non-hydrogen) atoms. The van der Waals surface area contributed by atoms with Crippen molar-refractivity contribution in [1.82, 2.24) is 14.5 Å². The lowest BCUT2D eigenvalue weighted by atomic mass is 10.1. The minimum absolute atomic E-state index is 0.0449. The van der Waals surface area contributed by atoms with Gasteiger partial charge in [0.15, 0.2) is 0 Å². The number of aromatic nitrogens is 2. The minimum atomic E-state index is -0.0449. The molecule has 5 nitrogen and oxygen atoms in total. The number of hydrogen-bond donors (Lipinski definition) is 0. The van der Waals surface area contributed by atoms with E-state index in [2.05, 4.69) is 11.1 Å². The molecular formula is C20H18N4O. The maximum Gasteiger partial charge on any atom is 0.253 e. The van der Waals surface area contributed by atoms with Crippen molar-refractivity contribution >= 4 is 5.91 Å². The summed E-state index contributed by atoms with van der Waals surface area (Å²) in [6.45, 7) is 1.19. The van der Waals surface area contributed by atoms with Gasteiger partial charge in [0.25, 0.3) is 5.91 Å². The fraction of sp³-hybridized carbons (Fsp3) is 0.150. The van der Waals surface area contributed by atoms with Gasteiger partial charge in [-0.1, -0.05) is 24.3 Å². The largest absolute Gasteiger partial charge is 0.337 e. The highest BCUT2D eigenvalue weighted by Crippen LogP contribution is 2.12. The Morgan fingerprint density at radius 3 is 2.68 bits per heavy atom. The summed E-state index contributed by atoms with van der Waals surface area (Å²) >= 11 is 0. The summed E-state index contributed by atoms with van der Waals surface area (Å²) in [5.41, 5.74) is 3.29. The van der Waals surface area contributed by atoms with E-state index in [-0.39, 0.29) is 5.91 Å². The summed E-state index contributed by atoms with van der Waals surface area (Å²) in [7, 11) is 1.76. The quantitative estimate of drug-likeness (QED) is 0.722. The van der Waals surface area contributed by atoms with Crippen molar-refractivity contribution in [1.29, 1.82) is 5.26 Å². The smallest absolute Gasteiger partial charge is 0.253 e. The van der Waals surface area contributed by atoms with Crippen LogP contribution >= 0.6 is 0 Å². The molecule has 0 radical (unpaired) electrons. The highest BCUT2D eigenvalue weighted by atomic mass is 16.2. The van der Waals surface area contributed by atoms with Gasteiger partial charge in [0.1, 0.15) is 0 Å². The predicted molar refractivity (Wildman–Crippen MR) is 94.7 cm³/mol. The van der Waals surface area contributed by atoms with Gasteiger partial charge in [0, 0.05) is 38.1 Å². The number of carbonyl (C=O) groups is 1. The molecule has 0 saturated heterocycles. The van der Waals surface area contributed by atoms with Crippen molar-refractivity contribution in [2.75, 3.05) is 7.05 Å². The zero-order chi connectivity index (χ0) is 17.6. The van der Waals surface area contributed by atoms with E-state index in [0.29, 0.717) is 17.7 Å². The van der Waals surface area contributed by atoms with E-state index in [1.807, 2.05) is 47.2 Å². The zero-order valence-electron chi connectivity index (χ0n) is 14.0. The summed E-state index contributed by atoms with van der Waals surface area (Å²) in [5.74, 6) is -0.0449. The van der Waals surface area contributed by atoms with E-state index in [1.165, 1.54) is 0 Å². The highest BCUT2D eigenvalue weighted by molar-refractivity contribution is 5.94. The van der Waals surface area contributed by atoms with E-state index in [4.69, 9.17) is 5.26 Å². The van der Waals surface area contributed by atoms with Crippen molar-refractivity contribution in [2.45, 2.75) is 13.1 Å². The van der Waals surface area contributed by atoms with Gasteiger partial charge < -0.3 is 9.47 Å². The molecule has 2 aromatic carbocycles. The van der Waals surface area contributed by atoms with Crippen LogP contribution in [0.2, 0.25) is 0 Å². The maximum atomic E-state index is 12.6. The SMILES string of the molecule is CN(Cc1cccc(C#N)c1)C(=O)c1ccc(Cn2ccnc2)cc1. The molecule has 1 heterocycles. The molecule has 1 aromatic heterocycles. The normalized spacial score (nSPS) is 10.2. The Morgan fingerprint density at radius 2 is 2.00 bits per heavy atom. The standard InChI is InChI=1S/C20H18N4O/c1-23(13-18-4-2-3-17(11-18)12-21)20(25)19-7-5-16(6-8-19)14-24-10-9-22-15-24/h2-11,15H,13-14H2,1H3. The molecule has 0 atom stereocenters. The summed E-state index contributed by atoms with van der Waals surface area (Å²) in [5, 5.41) is 8.97. The average Bonchev–Trinajstić information content (AvgIpc) is 3.15. The van der Waals surface area contributed by atoms with Gasteiger partial charge >= 0.3 is 0 Å². The fourth-order valence-electron chi connectivity index (χ4n) is 2.65. The Balaban J connectivity index is 1.66. The first-order valence-corrected chi connectivity index (χ1v) is 7.95. The average molecular weight is 330 g/mol. The topological polar surface area (TPSA) is 61.9 Å². The monoisotopic (exact) mass is 330 g/mol. The summed E-state index contributed by atoms with van der Waals surface area (Å²) in [6, 6.07) is 17.0. The van der Waals surface area contributed by atoms with Crippen molar-refractivity contribution < 1.29 is 4.79 Å². The van der Waals surface area contributed by atoms with E-state index in [0.717, 1.165) is 17.7 Å². The molecular weight excluding hydrogens is 312 g/mol. The molecule has 0 fully saturated rings. The van der Waals surface area contributed by atoms with Gasteiger partial charge in [-0.2, -0.15) is 5.26 Å². The van der Waals surface area contributed by atoms with Crippen LogP contribution in [0.3, 0.4) is 0 Å². The molecule has 0 N–H and O–H groups in total. The Kier molecular flexibility index (Phi) is 4.91. The molecule has 1 amide bonds. The summed E-state index contributed by atoms with van der Waals surface area (Å²) < 4.78 is 1.98. The maximum absolute atomic E-state index is 12.6. The molecule has 5 heteroatoms. The van der Waals surface area contributed by atoms with Gasteiger partial charge in [-0.05, 0) is 35.4 Å². The third-order valence-corrected chi connectivity index (χ3v) is 3.95. The van der Waals surface area contributed by atoms with Crippen molar-refractivity contribution in [3.63, 3.8) is 0 Å². The molecule has 0 aliphatic carbocycles. The van der Waals surface area contributed by atoms with Crippen LogP contribution in [0.5, 0.6) is 0 Å². The van der Waals surface area contributed by atoms with Crippen LogP contribution < -0.4 is 0 Å². The Hall–Kier alpha value is -3.39. The fourth-order valence-corrected chi connectivity index (χ4v) is 2.65. The Labute approximate surface area is 146 Å². The van der Waals surface area contributed by atoms with Crippen LogP contribution in [0.15, 0.2) is 67.3 Å². The molecule has 0 aliphatic rings. The molecule has 3 rings (SSSR count). The minimum Gasteiger partial charge on any atom is -0.337 e. The second kappa shape index (κ2) is 7.45. The van der Waals surface area contributed by atoms with Crippen LogP contribution in [0.1, 0.15) is 27.0 Å². The Morgan fingerprint density at radius 1 is 1.20 bits per heavy atom. The first-order valence-electron chi connectivity index (χ1n) is 7.95. The lowest BCUT2D eigenvalue weighted by Crippen LogP contribution is -2.26. The molecule has 0 spiro atoms. The Bertz CT molecular complexity index is 892. The number of nitriles is 1. The number of carbonyl (C=O) groups excluding carboxylic acids is 1. The third kappa shape index (κ3) is 4.12. The number of amides is 1. The number of hydrogen-bond acceptors (Lipinski definition) is 3. The number of rotatable bonds is 5. The second-order valence-corrected chi connectivity index (χ2v) is 5.91. The van der Waals surface area contributed by atoms with Gasteiger partial charge in [-0.25, -0.2) is 4.98 Å². The highest BCUT2D eigenvalue weighted by Gasteiger charge is 2.12. The predicted octanol–water partition coefficient (Wildman–Crippen LogP) is 3.08. The number of benzene rings is 2. The summed E-state index contributed by atoms with van der Waals surface area (Å²) in [6.07, 6.45) is 5.42.